The summed E-state index contributed by atoms with van der Waals surface area (Å²) in [5, 5.41) is 3.44. The van der Waals surface area contributed by atoms with E-state index in [1.807, 2.05) is 6.07 Å². The van der Waals surface area contributed by atoms with Gasteiger partial charge in [-0.3, -0.25) is 0 Å². The molecule has 1 aromatic heterocycles. The molecule has 3 rings (SSSR count). The normalized spacial score (nSPS) is 31.6. The van der Waals surface area contributed by atoms with Gasteiger partial charge in [0.2, 0.25) is 0 Å². The summed E-state index contributed by atoms with van der Waals surface area (Å²) in [6.45, 7) is 1.03. The first kappa shape index (κ1) is 12.4. The maximum Gasteiger partial charge on any atom is 0.130 e. The van der Waals surface area contributed by atoms with E-state index in [-0.39, 0.29) is 0 Å². The molecule has 2 unspecified atom stereocenters. The predicted molar refractivity (Wildman–Crippen MR) is 75.5 cm³/mol. The number of aromatic nitrogens is 2. The molecule has 2 saturated heterocycles. The number of nitrogens with zero attached hydrogens (tertiary/aromatic N) is 3. The predicted octanol–water partition coefficient (Wildman–Crippen LogP) is 2.52. The third kappa shape index (κ3) is 2.52. The molecule has 2 aliphatic rings. The first-order valence-electron chi connectivity index (χ1n) is 6.65. The van der Waals surface area contributed by atoms with Crippen LogP contribution in [0.5, 0.6) is 0 Å². The van der Waals surface area contributed by atoms with Crippen molar-refractivity contribution in [2.75, 3.05) is 18.9 Å². The summed E-state index contributed by atoms with van der Waals surface area (Å²) in [5.41, 5.74) is 0. The Labute approximate surface area is 116 Å². The second-order valence-electron chi connectivity index (χ2n) is 5.49. The van der Waals surface area contributed by atoms with Crippen molar-refractivity contribution >= 4 is 21.7 Å². The molecule has 0 aliphatic carbocycles. The van der Waals surface area contributed by atoms with E-state index in [0.29, 0.717) is 0 Å². The van der Waals surface area contributed by atoms with Crippen molar-refractivity contribution in [2.45, 2.75) is 37.8 Å². The van der Waals surface area contributed by atoms with E-state index in [2.05, 4.69) is 43.2 Å². The zero-order valence-corrected chi connectivity index (χ0v) is 12.2. The number of anilines is 1. The zero-order valence-electron chi connectivity index (χ0n) is 10.6. The molecular weight excluding hydrogens is 292 g/mol. The molecule has 1 aromatic rings. The standard InChI is InChI=1S/C13H19BrN4/c1-18-10-2-3-11(18)5-9(4-10)7-15-13-6-12(14)16-8-17-13/h6,8-11H,2-5,7H2,1H3,(H,15,16,17). The summed E-state index contributed by atoms with van der Waals surface area (Å²) >= 11 is 3.37. The molecule has 2 fully saturated rings. The fourth-order valence-electron chi connectivity index (χ4n) is 3.37. The quantitative estimate of drug-likeness (QED) is 0.871. The third-order valence-electron chi connectivity index (χ3n) is 4.40. The Morgan fingerprint density at radius 3 is 2.72 bits per heavy atom. The minimum absolute atomic E-state index is 0.785. The van der Waals surface area contributed by atoms with E-state index < -0.39 is 0 Å². The number of fused-ring (bicyclic) bond motifs is 2. The first-order valence-corrected chi connectivity index (χ1v) is 7.45. The highest BCUT2D eigenvalue weighted by Gasteiger charge is 2.38. The number of nitrogens with one attached hydrogen (secondary N) is 1. The molecule has 5 heteroatoms. The van der Waals surface area contributed by atoms with Gasteiger partial charge in [-0.15, -0.1) is 0 Å². The van der Waals surface area contributed by atoms with E-state index in [9.17, 15) is 0 Å². The molecule has 18 heavy (non-hydrogen) atoms. The Bertz CT molecular complexity index is 411. The van der Waals surface area contributed by atoms with Gasteiger partial charge in [0.1, 0.15) is 16.7 Å². The summed E-state index contributed by atoms with van der Waals surface area (Å²) in [4.78, 5) is 10.8. The van der Waals surface area contributed by atoms with Gasteiger partial charge in [0.15, 0.2) is 0 Å². The second-order valence-corrected chi connectivity index (χ2v) is 6.31. The number of piperidine rings is 1. The Kier molecular flexibility index (Phi) is 3.52. The minimum atomic E-state index is 0.785. The van der Waals surface area contributed by atoms with Crippen molar-refractivity contribution in [1.29, 1.82) is 0 Å². The molecule has 0 aromatic carbocycles. The highest BCUT2D eigenvalue weighted by atomic mass is 79.9. The lowest BCUT2D eigenvalue weighted by Crippen LogP contribution is -2.41. The van der Waals surface area contributed by atoms with Crippen LogP contribution in [0.3, 0.4) is 0 Å². The number of hydrogen-bond acceptors (Lipinski definition) is 4. The maximum absolute atomic E-state index is 4.23. The molecule has 4 nitrogen and oxygen atoms in total. The highest BCUT2D eigenvalue weighted by Crippen LogP contribution is 2.37. The molecule has 3 heterocycles. The van der Waals surface area contributed by atoms with E-state index >= 15 is 0 Å². The largest absolute Gasteiger partial charge is 0.370 e. The lowest BCUT2D eigenvalue weighted by atomic mass is 9.91. The number of rotatable bonds is 3. The van der Waals surface area contributed by atoms with Crippen molar-refractivity contribution in [2.24, 2.45) is 5.92 Å². The summed E-state index contributed by atoms with van der Waals surface area (Å²) in [6, 6.07) is 3.56. The van der Waals surface area contributed by atoms with E-state index in [1.165, 1.54) is 25.7 Å². The second kappa shape index (κ2) is 5.13. The van der Waals surface area contributed by atoms with Gasteiger partial charge in [-0.05, 0) is 54.6 Å². The van der Waals surface area contributed by atoms with Gasteiger partial charge in [-0.1, -0.05) is 0 Å². The van der Waals surface area contributed by atoms with Crippen LogP contribution >= 0.6 is 15.9 Å². The Morgan fingerprint density at radius 1 is 1.33 bits per heavy atom. The highest BCUT2D eigenvalue weighted by molar-refractivity contribution is 9.10. The number of hydrogen-bond donors (Lipinski definition) is 1. The van der Waals surface area contributed by atoms with Gasteiger partial charge in [0.25, 0.3) is 0 Å². The van der Waals surface area contributed by atoms with Crippen LogP contribution in [0.2, 0.25) is 0 Å². The van der Waals surface area contributed by atoms with E-state index in [4.69, 9.17) is 0 Å². The SMILES string of the molecule is CN1C2CCC1CC(CNc1cc(Br)ncn1)C2. The Balaban J connectivity index is 1.55. The van der Waals surface area contributed by atoms with Gasteiger partial charge in [-0.25, -0.2) is 9.97 Å². The maximum atomic E-state index is 4.23. The van der Waals surface area contributed by atoms with Crippen LogP contribution in [0.1, 0.15) is 25.7 Å². The van der Waals surface area contributed by atoms with Crippen LogP contribution in [0.4, 0.5) is 5.82 Å². The summed E-state index contributed by atoms with van der Waals surface area (Å²) < 4.78 is 0.837. The smallest absolute Gasteiger partial charge is 0.130 e. The fraction of sp³-hybridized carbons (Fsp3) is 0.692. The van der Waals surface area contributed by atoms with Crippen molar-refractivity contribution in [3.8, 4) is 0 Å². The molecule has 98 valence electrons. The minimum Gasteiger partial charge on any atom is -0.370 e. The molecular formula is C13H19BrN4. The average Bonchev–Trinajstić information content (AvgIpc) is 2.60. The number of halogens is 1. The Morgan fingerprint density at radius 2 is 2.06 bits per heavy atom. The zero-order chi connectivity index (χ0) is 12.5. The average molecular weight is 311 g/mol. The Hall–Kier alpha value is -0.680. The van der Waals surface area contributed by atoms with Crippen molar-refractivity contribution in [3.63, 3.8) is 0 Å². The fourth-order valence-corrected chi connectivity index (χ4v) is 3.68. The van der Waals surface area contributed by atoms with Crippen LogP contribution in [-0.4, -0.2) is 40.5 Å². The van der Waals surface area contributed by atoms with Crippen molar-refractivity contribution in [3.05, 3.63) is 17.0 Å². The van der Waals surface area contributed by atoms with Gasteiger partial charge in [-0.2, -0.15) is 0 Å². The molecule has 0 radical (unpaired) electrons. The van der Waals surface area contributed by atoms with Crippen LogP contribution in [0, 0.1) is 5.92 Å². The van der Waals surface area contributed by atoms with Crippen LogP contribution < -0.4 is 5.32 Å². The van der Waals surface area contributed by atoms with Crippen molar-refractivity contribution < 1.29 is 0 Å². The summed E-state index contributed by atoms with van der Waals surface area (Å²) in [7, 11) is 2.29. The monoisotopic (exact) mass is 310 g/mol. The molecule has 2 atom stereocenters. The molecule has 0 saturated carbocycles. The van der Waals surface area contributed by atoms with Gasteiger partial charge >= 0.3 is 0 Å². The third-order valence-corrected chi connectivity index (χ3v) is 4.84. The molecule has 2 bridgehead atoms. The van der Waals surface area contributed by atoms with E-state index in [1.54, 1.807) is 6.33 Å². The van der Waals surface area contributed by atoms with Crippen LogP contribution in [0.25, 0.3) is 0 Å². The van der Waals surface area contributed by atoms with Gasteiger partial charge in [0.05, 0.1) is 0 Å². The lowest BCUT2D eigenvalue weighted by Gasteiger charge is -2.36. The molecule has 2 aliphatic heterocycles. The van der Waals surface area contributed by atoms with Gasteiger partial charge in [0, 0.05) is 24.7 Å². The molecule has 0 amide bonds. The lowest BCUT2D eigenvalue weighted by molar-refractivity contribution is 0.139. The molecule has 0 spiro atoms. The van der Waals surface area contributed by atoms with Crippen molar-refractivity contribution in [1.82, 2.24) is 14.9 Å². The summed E-state index contributed by atoms with van der Waals surface area (Å²) in [6.07, 6.45) is 7.01. The summed E-state index contributed by atoms with van der Waals surface area (Å²) in [5.74, 6) is 1.70. The van der Waals surface area contributed by atoms with Gasteiger partial charge < -0.3 is 10.2 Å². The molecule has 1 N–H and O–H groups in total. The van der Waals surface area contributed by atoms with E-state index in [0.717, 1.165) is 35.0 Å². The topological polar surface area (TPSA) is 41.0 Å². The first-order chi connectivity index (χ1) is 8.72. The van der Waals surface area contributed by atoms with Crippen LogP contribution in [0.15, 0.2) is 17.0 Å². The van der Waals surface area contributed by atoms with Crippen LogP contribution in [-0.2, 0) is 0 Å².